The first-order valence-electron chi connectivity index (χ1n) is 6.15. The van der Waals surface area contributed by atoms with Crippen molar-refractivity contribution in [2.75, 3.05) is 19.7 Å². The van der Waals surface area contributed by atoms with Crippen molar-refractivity contribution in [3.63, 3.8) is 0 Å². The van der Waals surface area contributed by atoms with E-state index in [2.05, 4.69) is 5.32 Å². The summed E-state index contributed by atoms with van der Waals surface area (Å²) in [7, 11) is 0. The molecular formula is C12H24N2O3. The molecule has 0 radical (unpaired) electrons. The zero-order valence-electron chi connectivity index (χ0n) is 11.4. The minimum atomic E-state index is -0.315. The van der Waals surface area contributed by atoms with Gasteiger partial charge in [-0.3, -0.25) is 4.79 Å². The number of carbonyl (C=O) groups excluding carboxylic acids is 2. The van der Waals surface area contributed by atoms with Crippen LogP contribution >= 0.6 is 0 Å². The van der Waals surface area contributed by atoms with E-state index < -0.39 is 0 Å². The average Bonchev–Trinajstić information content (AvgIpc) is 2.26. The molecule has 0 unspecified atom stereocenters. The normalized spacial score (nSPS) is 12.1. The van der Waals surface area contributed by atoms with Gasteiger partial charge in [0.15, 0.2) is 0 Å². The van der Waals surface area contributed by atoms with Gasteiger partial charge in [-0.15, -0.1) is 0 Å². The lowest BCUT2D eigenvalue weighted by atomic mass is 10.2. The van der Waals surface area contributed by atoms with E-state index in [1.807, 2.05) is 20.8 Å². The van der Waals surface area contributed by atoms with Crippen LogP contribution in [0.4, 0.5) is 4.79 Å². The number of rotatable bonds is 6. The highest BCUT2D eigenvalue weighted by Crippen LogP contribution is 2.00. The second kappa shape index (κ2) is 7.92. The van der Waals surface area contributed by atoms with E-state index in [1.54, 1.807) is 18.7 Å². The van der Waals surface area contributed by atoms with Crippen molar-refractivity contribution in [3.8, 4) is 0 Å². The SMILES string of the molecule is CCOC(=O)[C@@H](C)CNC(=O)N(CC)C(C)C. The number of esters is 1. The lowest BCUT2D eigenvalue weighted by Crippen LogP contribution is -2.45. The largest absolute Gasteiger partial charge is 0.466 e. The Morgan fingerprint density at radius 1 is 1.24 bits per heavy atom. The highest BCUT2D eigenvalue weighted by atomic mass is 16.5. The molecule has 0 saturated carbocycles. The molecule has 0 heterocycles. The topological polar surface area (TPSA) is 58.6 Å². The Hall–Kier alpha value is -1.26. The average molecular weight is 244 g/mol. The third-order valence-electron chi connectivity index (χ3n) is 2.47. The molecule has 0 spiro atoms. The lowest BCUT2D eigenvalue weighted by Gasteiger charge is -2.25. The molecule has 5 nitrogen and oxygen atoms in total. The molecule has 5 heteroatoms. The van der Waals surface area contributed by atoms with Crippen molar-refractivity contribution in [2.45, 2.75) is 40.7 Å². The summed E-state index contributed by atoms with van der Waals surface area (Å²) in [6.45, 7) is 10.7. The van der Waals surface area contributed by atoms with Gasteiger partial charge in [0, 0.05) is 19.1 Å². The maximum atomic E-state index is 11.8. The van der Waals surface area contributed by atoms with Gasteiger partial charge in [0.25, 0.3) is 0 Å². The molecule has 0 fully saturated rings. The molecular weight excluding hydrogens is 220 g/mol. The monoisotopic (exact) mass is 244 g/mol. The van der Waals surface area contributed by atoms with E-state index in [4.69, 9.17) is 4.74 Å². The zero-order chi connectivity index (χ0) is 13.4. The van der Waals surface area contributed by atoms with Crippen LogP contribution in [0.2, 0.25) is 0 Å². The first-order chi connectivity index (χ1) is 7.93. The smallest absolute Gasteiger partial charge is 0.317 e. The van der Waals surface area contributed by atoms with Gasteiger partial charge in [-0.1, -0.05) is 6.92 Å². The second-order valence-corrected chi connectivity index (χ2v) is 4.22. The van der Waals surface area contributed by atoms with Crippen LogP contribution in [0.3, 0.4) is 0 Å². The molecule has 100 valence electrons. The molecule has 2 amide bonds. The fourth-order valence-corrected chi connectivity index (χ4v) is 1.45. The van der Waals surface area contributed by atoms with E-state index in [0.29, 0.717) is 19.7 Å². The Bertz CT molecular complexity index is 254. The van der Waals surface area contributed by atoms with Gasteiger partial charge in [-0.25, -0.2) is 4.79 Å². The Kier molecular flexibility index (Phi) is 7.34. The minimum Gasteiger partial charge on any atom is -0.466 e. The summed E-state index contributed by atoms with van der Waals surface area (Å²) >= 11 is 0. The number of nitrogens with zero attached hydrogens (tertiary/aromatic N) is 1. The molecule has 0 aliphatic rings. The van der Waals surface area contributed by atoms with Crippen LogP contribution in [0.25, 0.3) is 0 Å². The molecule has 0 rings (SSSR count). The van der Waals surface area contributed by atoms with E-state index in [1.165, 1.54) is 0 Å². The van der Waals surface area contributed by atoms with E-state index in [0.717, 1.165) is 0 Å². The Balaban J connectivity index is 4.10. The van der Waals surface area contributed by atoms with Gasteiger partial charge in [0.1, 0.15) is 0 Å². The number of urea groups is 1. The molecule has 17 heavy (non-hydrogen) atoms. The Morgan fingerprint density at radius 2 is 1.82 bits per heavy atom. The van der Waals surface area contributed by atoms with Crippen LogP contribution in [0.1, 0.15) is 34.6 Å². The molecule has 0 aliphatic carbocycles. The van der Waals surface area contributed by atoms with E-state index in [-0.39, 0.29) is 24.0 Å². The van der Waals surface area contributed by atoms with Crippen molar-refractivity contribution in [2.24, 2.45) is 5.92 Å². The first kappa shape index (κ1) is 15.7. The van der Waals surface area contributed by atoms with Crippen molar-refractivity contribution in [1.82, 2.24) is 10.2 Å². The van der Waals surface area contributed by atoms with Crippen LogP contribution in [0.15, 0.2) is 0 Å². The minimum absolute atomic E-state index is 0.140. The predicted octanol–water partition coefficient (Wildman–Crippen LogP) is 1.63. The number of nitrogens with one attached hydrogen (secondary N) is 1. The predicted molar refractivity (Wildman–Crippen MR) is 66.7 cm³/mol. The number of amides is 2. The van der Waals surface area contributed by atoms with Crippen LogP contribution in [-0.2, 0) is 9.53 Å². The highest BCUT2D eigenvalue weighted by molar-refractivity contribution is 5.76. The Morgan fingerprint density at radius 3 is 2.24 bits per heavy atom. The second-order valence-electron chi connectivity index (χ2n) is 4.22. The van der Waals surface area contributed by atoms with Gasteiger partial charge in [0.2, 0.25) is 0 Å². The van der Waals surface area contributed by atoms with E-state index in [9.17, 15) is 9.59 Å². The molecule has 1 atom stereocenters. The maximum absolute atomic E-state index is 11.8. The third kappa shape index (κ3) is 5.56. The van der Waals surface area contributed by atoms with Crippen molar-refractivity contribution < 1.29 is 14.3 Å². The summed E-state index contributed by atoms with van der Waals surface area (Å²) in [5.74, 6) is -0.592. The summed E-state index contributed by atoms with van der Waals surface area (Å²) < 4.78 is 4.87. The molecule has 0 aromatic carbocycles. The van der Waals surface area contributed by atoms with Crippen LogP contribution in [0.5, 0.6) is 0 Å². The zero-order valence-corrected chi connectivity index (χ0v) is 11.4. The van der Waals surface area contributed by atoms with Crippen molar-refractivity contribution in [3.05, 3.63) is 0 Å². The third-order valence-corrected chi connectivity index (χ3v) is 2.47. The number of carbonyl (C=O) groups is 2. The standard InChI is InChI=1S/C12H24N2O3/c1-6-14(9(3)4)12(16)13-8-10(5)11(15)17-7-2/h9-10H,6-8H2,1-5H3,(H,13,16)/t10-/m0/s1. The molecule has 0 bridgehead atoms. The quantitative estimate of drug-likeness (QED) is 0.722. The van der Waals surface area contributed by atoms with Gasteiger partial charge in [-0.2, -0.15) is 0 Å². The van der Waals surface area contributed by atoms with Crippen LogP contribution < -0.4 is 5.32 Å². The van der Waals surface area contributed by atoms with Crippen LogP contribution in [0, 0.1) is 5.92 Å². The van der Waals surface area contributed by atoms with Crippen molar-refractivity contribution in [1.29, 1.82) is 0 Å². The molecule has 0 aliphatic heterocycles. The highest BCUT2D eigenvalue weighted by Gasteiger charge is 2.18. The molecule has 0 aromatic heterocycles. The van der Waals surface area contributed by atoms with E-state index >= 15 is 0 Å². The molecule has 1 N–H and O–H groups in total. The van der Waals surface area contributed by atoms with Gasteiger partial charge < -0.3 is 15.0 Å². The summed E-state index contributed by atoms with van der Waals surface area (Å²) in [4.78, 5) is 24.8. The summed E-state index contributed by atoms with van der Waals surface area (Å²) in [6, 6.07) is 0.0107. The first-order valence-corrected chi connectivity index (χ1v) is 6.15. The van der Waals surface area contributed by atoms with Gasteiger partial charge in [-0.05, 0) is 27.7 Å². The number of hydrogen-bond acceptors (Lipinski definition) is 3. The van der Waals surface area contributed by atoms with Gasteiger partial charge >= 0.3 is 12.0 Å². The fourth-order valence-electron chi connectivity index (χ4n) is 1.45. The summed E-state index contributed by atoms with van der Waals surface area (Å²) in [6.07, 6.45) is 0. The van der Waals surface area contributed by atoms with Gasteiger partial charge in [0.05, 0.1) is 12.5 Å². The number of hydrogen-bond donors (Lipinski definition) is 1. The molecule has 0 saturated heterocycles. The lowest BCUT2D eigenvalue weighted by molar-refractivity contribution is -0.147. The fraction of sp³-hybridized carbons (Fsp3) is 0.833. The Labute approximate surface area is 103 Å². The number of ether oxygens (including phenoxy) is 1. The maximum Gasteiger partial charge on any atom is 0.317 e. The van der Waals surface area contributed by atoms with Crippen LogP contribution in [-0.4, -0.2) is 42.6 Å². The molecule has 0 aromatic rings. The summed E-state index contributed by atoms with van der Waals surface area (Å²) in [5.41, 5.74) is 0. The summed E-state index contributed by atoms with van der Waals surface area (Å²) in [5, 5.41) is 2.74. The van der Waals surface area contributed by atoms with Crippen molar-refractivity contribution >= 4 is 12.0 Å².